The van der Waals surface area contributed by atoms with Crippen molar-refractivity contribution in [1.82, 2.24) is 9.97 Å². The van der Waals surface area contributed by atoms with E-state index in [4.69, 9.17) is 4.74 Å². The minimum atomic E-state index is -0.134. The minimum Gasteiger partial charge on any atom is -0.494 e. The maximum absolute atomic E-state index is 11.1. The highest BCUT2D eigenvalue weighted by Crippen LogP contribution is 2.28. The first kappa shape index (κ1) is 13.8. The summed E-state index contributed by atoms with van der Waals surface area (Å²) in [7, 11) is 1.56. The first-order chi connectivity index (χ1) is 9.69. The monoisotopic (exact) mass is 272 g/mol. The highest BCUT2D eigenvalue weighted by atomic mass is 16.5. The van der Waals surface area contributed by atoms with Crippen LogP contribution in [0.3, 0.4) is 0 Å². The van der Waals surface area contributed by atoms with E-state index >= 15 is 0 Å². The van der Waals surface area contributed by atoms with Crippen molar-refractivity contribution in [2.24, 2.45) is 0 Å². The predicted octanol–water partition coefficient (Wildman–Crippen LogP) is 2.06. The average Bonchev–Trinajstić information content (AvgIpc) is 2.46. The molecule has 20 heavy (non-hydrogen) atoms. The van der Waals surface area contributed by atoms with Crippen LogP contribution in [0.5, 0.6) is 5.75 Å². The third-order valence-electron chi connectivity index (χ3n) is 2.62. The van der Waals surface area contributed by atoms with E-state index in [1.807, 2.05) is 12.1 Å². The summed E-state index contributed by atoms with van der Waals surface area (Å²) in [6.45, 7) is 2.07. The molecule has 2 aromatic rings. The molecule has 0 aliphatic heterocycles. The van der Waals surface area contributed by atoms with Gasteiger partial charge in [-0.2, -0.15) is 0 Å². The molecule has 0 spiro atoms. The zero-order valence-electron chi connectivity index (χ0n) is 11.4. The summed E-state index contributed by atoms with van der Waals surface area (Å²) >= 11 is 0. The first-order valence-electron chi connectivity index (χ1n) is 6.12. The second kappa shape index (κ2) is 6.51. The third-order valence-corrected chi connectivity index (χ3v) is 2.62. The van der Waals surface area contributed by atoms with Crippen molar-refractivity contribution in [3.63, 3.8) is 0 Å². The van der Waals surface area contributed by atoms with E-state index in [0.29, 0.717) is 18.0 Å². The van der Waals surface area contributed by atoms with Crippen LogP contribution < -0.4 is 15.4 Å². The average molecular weight is 272 g/mol. The summed E-state index contributed by atoms with van der Waals surface area (Å²) in [6.07, 6.45) is 5.00. The Morgan fingerprint density at radius 1 is 1.30 bits per heavy atom. The quantitative estimate of drug-likeness (QED) is 0.871. The Bertz CT molecular complexity index is 587. The maximum atomic E-state index is 11.1. The van der Waals surface area contributed by atoms with E-state index in [9.17, 15) is 4.79 Å². The summed E-state index contributed by atoms with van der Waals surface area (Å²) in [5.74, 6) is 0.472. The van der Waals surface area contributed by atoms with Gasteiger partial charge < -0.3 is 15.4 Å². The summed E-state index contributed by atoms with van der Waals surface area (Å²) in [5, 5.41) is 5.96. The number of hydrogen-bond donors (Lipinski definition) is 2. The smallest absolute Gasteiger partial charge is 0.221 e. The van der Waals surface area contributed by atoms with Crippen molar-refractivity contribution in [3.05, 3.63) is 42.5 Å². The van der Waals surface area contributed by atoms with Crippen molar-refractivity contribution < 1.29 is 9.53 Å². The van der Waals surface area contributed by atoms with Crippen LogP contribution in [0, 0.1) is 0 Å². The molecule has 6 nitrogen and oxygen atoms in total. The lowest BCUT2D eigenvalue weighted by atomic mass is 10.2. The second-order valence-electron chi connectivity index (χ2n) is 4.20. The number of rotatable bonds is 5. The largest absolute Gasteiger partial charge is 0.494 e. The second-order valence-corrected chi connectivity index (χ2v) is 4.20. The van der Waals surface area contributed by atoms with Crippen LogP contribution in [-0.4, -0.2) is 23.0 Å². The topological polar surface area (TPSA) is 76.1 Å². The highest BCUT2D eigenvalue weighted by Gasteiger charge is 2.05. The van der Waals surface area contributed by atoms with Crippen molar-refractivity contribution in [1.29, 1.82) is 0 Å². The molecular formula is C14H16N4O2. The fourth-order valence-corrected chi connectivity index (χ4v) is 1.72. The number of hydrogen-bond acceptors (Lipinski definition) is 5. The molecule has 0 unspecified atom stereocenters. The van der Waals surface area contributed by atoms with E-state index in [1.165, 1.54) is 13.3 Å². The van der Waals surface area contributed by atoms with Crippen molar-refractivity contribution >= 4 is 17.3 Å². The zero-order valence-corrected chi connectivity index (χ0v) is 11.4. The summed E-state index contributed by atoms with van der Waals surface area (Å²) in [6, 6.07) is 5.50. The van der Waals surface area contributed by atoms with E-state index in [-0.39, 0.29) is 5.91 Å². The van der Waals surface area contributed by atoms with E-state index < -0.39 is 0 Å². The molecule has 2 rings (SSSR count). The number of carbonyl (C=O) groups excluding carboxylic acids is 1. The molecule has 0 aliphatic rings. The molecule has 0 saturated heterocycles. The maximum Gasteiger partial charge on any atom is 0.221 e. The van der Waals surface area contributed by atoms with Crippen LogP contribution in [0.2, 0.25) is 0 Å². The standard InChI is InChI=1S/C14H16N4O2/c1-10(19)18-13-4-3-12(5-14(13)20-2)17-8-11-6-15-9-16-7-11/h3-7,9,17H,8H2,1-2H3,(H,18,19). The normalized spacial score (nSPS) is 9.90. The number of nitrogens with one attached hydrogen (secondary N) is 2. The van der Waals surface area contributed by atoms with Crippen LogP contribution in [0.1, 0.15) is 12.5 Å². The molecule has 1 heterocycles. The summed E-state index contributed by atoms with van der Waals surface area (Å²) < 4.78 is 5.26. The van der Waals surface area contributed by atoms with E-state index in [1.54, 1.807) is 25.6 Å². The Hall–Kier alpha value is -2.63. The molecule has 1 aromatic heterocycles. The van der Waals surface area contributed by atoms with Crippen LogP contribution >= 0.6 is 0 Å². The molecule has 104 valence electrons. The Labute approximate surface area is 117 Å². The lowest BCUT2D eigenvalue weighted by molar-refractivity contribution is -0.114. The molecular weight excluding hydrogens is 256 g/mol. The predicted molar refractivity (Wildman–Crippen MR) is 76.7 cm³/mol. The fraction of sp³-hybridized carbons (Fsp3) is 0.214. The highest BCUT2D eigenvalue weighted by molar-refractivity contribution is 5.90. The number of nitrogens with zero attached hydrogens (tertiary/aromatic N) is 2. The lowest BCUT2D eigenvalue weighted by Gasteiger charge is -2.12. The van der Waals surface area contributed by atoms with E-state index in [2.05, 4.69) is 20.6 Å². The van der Waals surface area contributed by atoms with Gasteiger partial charge in [0.1, 0.15) is 12.1 Å². The molecule has 0 radical (unpaired) electrons. The number of ether oxygens (including phenoxy) is 1. The molecule has 0 atom stereocenters. The van der Waals surface area contributed by atoms with Gasteiger partial charge in [0.2, 0.25) is 5.91 Å². The molecule has 2 N–H and O–H groups in total. The van der Waals surface area contributed by atoms with Crippen molar-refractivity contribution in [2.45, 2.75) is 13.5 Å². The van der Waals surface area contributed by atoms with E-state index in [0.717, 1.165) is 11.3 Å². The Morgan fingerprint density at radius 3 is 2.70 bits per heavy atom. The molecule has 0 aliphatic carbocycles. The van der Waals surface area contributed by atoms with Gasteiger partial charge in [0.15, 0.2) is 0 Å². The summed E-state index contributed by atoms with van der Waals surface area (Å²) in [5.41, 5.74) is 2.52. The number of anilines is 2. The molecule has 6 heteroatoms. The number of benzene rings is 1. The van der Waals surface area contributed by atoms with Crippen LogP contribution in [0.15, 0.2) is 36.9 Å². The van der Waals surface area contributed by atoms with Gasteiger partial charge in [-0.1, -0.05) is 0 Å². The minimum absolute atomic E-state index is 0.134. The van der Waals surface area contributed by atoms with Crippen molar-refractivity contribution in [2.75, 3.05) is 17.7 Å². The zero-order chi connectivity index (χ0) is 14.4. The summed E-state index contributed by atoms with van der Waals surface area (Å²) in [4.78, 5) is 19.0. The third kappa shape index (κ3) is 3.68. The number of methoxy groups -OCH3 is 1. The molecule has 0 fully saturated rings. The van der Waals surface area contributed by atoms with Crippen LogP contribution in [0.4, 0.5) is 11.4 Å². The van der Waals surface area contributed by atoms with Gasteiger partial charge in [-0.25, -0.2) is 9.97 Å². The van der Waals surface area contributed by atoms with Crippen molar-refractivity contribution in [3.8, 4) is 5.75 Å². The molecule has 0 saturated carbocycles. The molecule has 1 amide bonds. The Morgan fingerprint density at radius 2 is 2.05 bits per heavy atom. The Balaban J connectivity index is 2.07. The first-order valence-corrected chi connectivity index (χ1v) is 6.12. The number of carbonyl (C=O) groups is 1. The Kier molecular flexibility index (Phi) is 4.49. The number of aromatic nitrogens is 2. The van der Waals surface area contributed by atoms with Gasteiger partial charge in [-0.05, 0) is 12.1 Å². The van der Waals surface area contributed by atoms with Gasteiger partial charge in [-0.3, -0.25) is 4.79 Å². The fourth-order valence-electron chi connectivity index (χ4n) is 1.72. The number of amides is 1. The molecule has 1 aromatic carbocycles. The van der Waals surface area contributed by atoms with Gasteiger partial charge in [-0.15, -0.1) is 0 Å². The van der Waals surface area contributed by atoms with Gasteiger partial charge >= 0.3 is 0 Å². The van der Waals surface area contributed by atoms with Gasteiger partial charge in [0.25, 0.3) is 0 Å². The van der Waals surface area contributed by atoms with Crippen LogP contribution in [-0.2, 0) is 11.3 Å². The SMILES string of the molecule is COc1cc(NCc2cncnc2)ccc1NC(C)=O. The lowest BCUT2D eigenvalue weighted by Crippen LogP contribution is -2.07. The van der Waals surface area contributed by atoms with Crippen LogP contribution in [0.25, 0.3) is 0 Å². The van der Waals surface area contributed by atoms with Gasteiger partial charge in [0.05, 0.1) is 12.8 Å². The molecule has 0 bridgehead atoms. The van der Waals surface area contributed by atoms with Gasteiger partial charge in [0, 0.05) is 43.2 Å².